The molecule has 2 fully saturated rings. The minimum Gasteiger partial charge on any atom is -0.339 e. The molecule has 1 atom stereocenters. The highest BCUT2D eigenvalue weighted by Gasteiger charge is 2.31. The molecule has 1 amide bonds. The number of nitrogens with zero attached hydrogens (tertiary/aromatic N) is 5. The largest absolute Gasteiger partial charge is 0.339 e. The van der Waals surface area contributed by atoms with Crippen LogP contribution in [0.25, 0.3) is 5.65 Å². The first-order valence-corrected chi connectivity index (χ1v) is 9.06. The molecule has 128 valence electrons. The van der Waals surface area contributed by atoms with Crippen molar-refractivity contribution in [2.75, 3.05) is 26.2 Å². The smallest absolute Gasteiger partial charge is 0.257 e. The van der Waals surface area contributed by atoms with Crippen molar-refractivity contribution < 1.29 is 4.79 Å². The Morgan fingerprint density at radius 2 is 1.96 bits per heavy atom. The number of piperidine rings is 1. The monoisotopic (exact) mass is 327 g/mol. The van der Waals surface area contributed by atoms with Crippen molar-refractivity contribution in [3.05, 3.63) is 30.2 Å². The highest BCUT2D eigenvalue weighted by molar-refractivity contribution is 5.99. The number of aromatic nitrogens is 3. The second-order valence-corrected chi connectivity index (χ2v) is 7.10. The van der Waals surface area contributed by atoms with E-state index in [1.165, 1.54) is 25.9 Å². The van der Waals surface area contributed by atoms with Crippen LogP contribution in [0.1, 0.15) is 43.0 Å². The number of carbonyl (C=O) groups is 1. The standard InChI is InChI=1S/C18H25N5O/c1-14(21-8-2-3-9-21)15-6-11-22(12-7-15)18(24)16-5-4-10-23-13-19-20-17(16)23/h4-5,10,13-15H,2-3,6-9,11-12H2,1H3. The van der Waals surface area contributed by atoms with Gasteiger partial charge in [-0.1, -0.05) is 0 Å². The summed E-state index contributed by atoms with van der Waals surface area (Å²) in [5, 5.41) is 7.99. The molecule has 2 aliphatic heterocycles. The van der Waals surface area contributed by atoms with Crippen molar-refractivity contribution in [1.82, 2.24) is 24.4 Å². The zero-order chi connectivity index (χ0) is 16.5. The van der Waals surface area contributed by atoms with E-state index in [4.69, 9.17) is 0 Å². The summed E-state index contributed by atoms with van der Waals surface area (Å²) in [7, 11) is 0. The highest BCUT2D eigenvalue weighted by Crippen LogP contribution is 2.27. The SMILES string of the molecule is CC(C1CCN(C(=O)c2cccn3cnnc23)CC1)N1CCCC1. The van der Waals surface area contributed by atoms with Gasteiger partial charge >= 0.3 is 0 Å². The van der Waals surface area contributed by atoms with E-state index in [0.29, 0.717) is 23.2 Å². The second-order valence-electron chi connectivity index (χ2n) is 7.10. The third-order valence-corrected chi connectivity index (χ3v) is 5.78. The molecule has 2 aromatic heterocycles. The summed E-state index contributed by atoms with van der Waals surface area (Å²) < 4.78 is 1.80. The zero-order valence-corrected chi connectivity index (χ0v) is 14.3. The molecule has 0 N–H and O–H groups in total. The lowest BCUT2D eigenvalue weighted by molar-refractivity contribution is 0.0625. The van der Waals surface area contributed by atoms with Crippen LogP contribution in [-0.2, 0) is 0 Å². The number of carbonyl (C=O) groups excluding carboxylic acids is 1. The molecule has 0 radical (unpaired) electrons. The molecule has 6 nitrogen and oxygen atoms in total. The van der Waals surface area contributed by atoms with Gasteiger partial charge in [-0.25, -0.2) is 0 Å². The molecule has 2 saturated heterocycles. The molecule has 0 saturated carbocycles. The fourth-order valence-electron chi connectivity index (χ4n) is 4.22. The van der Waals surface area contributed by atoms with Gasteiger partial charge in [0, 0.05) is 25.3 Å². The van der Waals surface area contributed by atoms with Gasteiger partial charge in [-0.2, -0.15) is 0 Å². The molecule has 4 rings (SSSR count). The van der Waals surface area contributed by atoms with Gasteiger partial charge in [0.15, 0.2) is 5.65 Å². The van der Waals surface area contributed by atoms with Crippen molar-refractivity contribution in [3.63, 3.8) is 0 Å². The average Bonchev–Trinajstić information content (AvgIpc) is 3.31. The fourth-order valence-corrected chi connectivity index (χ4v) is 4.22. The third kappa shape index (κ3) is 2.79. The predicted molar refractivity (Wildman–Crippen MR) is 91.9 cm³/mol. The van der Waals surface area contributed by atoms with E-state index in [-0.39, 0.29) is 5.91 Å². The van der Waals surface area contributed by atoms with E-state index < -0.39 is 0 Å². The Kier molecular flexibility index (Phi) is 4.22. The number of pyridine rings is 1. The number of fused-ring (bicyclic) bond motifs is 1. The quantitative estimate of drug-likeness (QED) is 0.866. The van der Waals surface area contributed by atoms with Gasteiger partial charge in [-0.15, -0.1) is 10.2 Å². The summed E-state index contributed by atoms with van der Waals surface area (Å²) in [4.78, 5) is 17.5. The van der Waals surface area contributed by atoms with E-state index >= 15 is 0 Å². The van der Waals surface area contributed by atoms with Crippen LogP contribution in [-0.4, -0.2) is 62.5 Å². The van der Waals surface area contributed by atoms with Crippen molar-refractivity contribution in [2.24, 2.45) is 5.92 Å². The predicted octanol–water partition coefficient (Wildman–Crippen LogP) is 2.07. The first kappa shape index (κ1) is 15.6. The molecule has 0 spiro atoms. The number of amides is 1. The molecule has 6 heteroatoms. The number of hydrogen-bond acceptors (Lipinski definition) is 4. The van der Waals surface area contributed by atoms with E-state index in [1.807, 2.05) is 23.2 Å². The maximum absolute atomic E-state index is 12.9. The Hall–Kier alpha value is -1.95. The summed E-state index contributed by atoms with van der Waals surface area (Å²) in [6.45, 7) is 6.54. The van der Waals surface area contributed by atoms with Crippen LogP contribution in [0.3, 0.4) is 0 Å². The van der Waals surface area contributed by atoms with Gasteiger partial charge in [-0.05, 0) is 63.7 Å². The van der Waals surface area contributed by atoms with Gasteiger partial charge in [0.05, 0.1) is 5.56 Å². The molecule has 0 aromatic carbocycles. The van der Waals surface area contributed by atoms with Crippen LogP contribution in [0.5, 0.6) is 0 Å². The lowest BCUT2D eigenvalue weighted by atomic mass is 9.89. The van der Waals surface area contributed by atoms with Crippen LogP contribution >= 0.6 is 0 Å². The molecule has 0 bridgehead atoms. The van der Waals surface area contributed by atoms with Crippen LogP contribution in [0.4, 0.5) is 0 Å². The minimum absolute atomic E-state index is 0.0841. The topological polar surface area (TPSA) is 53.7 Å². The van der Waals surface area contributed by atoms with Crippen molar-refractivity contribution in [1.29, 1.82) is 0 Å². The van der Waals surface area contributed by atoms with Crippen LogP contribution in [0, 0.1) is 5.92 Å². The number of rotatable bonds is 3. The molecular weight excluding hydrogens is 302 g/mol. The van der Waals surface area contributed by atoms with E-state index in [1.54, 1.807) is 10.7 Å². The number of likely N-dealkylation sites (tertiary alicyclic amines) is 2. The lowest BCUT2D eigenvalue weighted by Gasteiger charge is -2.38. The summed E-state index contributed by atoms with van der Waals surface area (Å²) in [5.74, 6) is 0.789. The minimum atomic E-state index is 0.0841. The first-order valence-electron chi connectivity index (χ1n) is 9.06. The number of hydrogen-bond donors (Lipinski definition) is 0. The molecule has 4 heterocycles. The fraction of sp³-hybridized carbons (Fsp3) is 0.611. The molecule has 2 aliphatic rings. The summed E-state index contributed by atoms with van der Waals surface area (Å²) in [6, 6.07) is 4.38. The van der Waals surface area contributed by atoms with E-state index in [9.17, 15) is 4.79 Å². The Morgan fingerprint density at radius 1 is 1.21 bits per heavy atom. The van der Waals surface area contributed by atoms with E-state index in [2.05, 4.69) is 22.0 Å². The maximum Gasteiger partial charge on any atom is 0.257 e. The molecule has 24 heavy (non-hydrogen) atoms. The Bertz CT molecular complexity index is 713. The Morgan fingerprint density at radius 3 is 2.71 bits per heavy atom. The normalized spacial score (nSPS) is 21.5. The van der Waals surface area contributed by atoms with Gasteiger partial charge in [0.2, 0.25) is 0 Å². The summed E-state index contributed by atoms with van der Waals surface area (Å²) >= 11 is 0. The lowest BCUT2D eigenvalue weighted by Crippen LogP contribution is -2.45. The van der Waals surface area contributed by atoms with Gasteiger partial charge in [0.1, 0.15) is 6.33 Å². The third-order valence-electron chi connectivity index (χ3n) is 5.78. The molecular formula is C18H25N5O. The first-order chi connectivity index (χ1) is 11.7. The summed E-state index contributed by atoms with van der Waals surface area (Å²) in [6.07, 6.45) is 8.37. The molecule has 0 aliphatic carbocycles. The van der Waals surface area contributed by atoms with Gasteiger partial charge in [0.25, 0.3) is 5.91 Å². The van der Waals surface area contributed by atoms with Crippen molar-refractivity contribution in [2.45, 2.75) is 38.6 Å². The van der Waals surface area contributed by atoms with Crippen molar-refractivity contribution in [3.8, 4) is 0 Å². The Labute approximate surface area is 142 Å². The molecule has 2 aromatic rings. The van der Waals surface area contributed by atoms with Crippen LogP contribution < -0.4 is 0 Å². The average molecular weight is 327 g/mol. The maximum atomic E-state index is 12.9. The van der Waals surface area contributed by atoms with E-state index in [0.717, 1.165) is 25.9 Å². The molecule has 1 unspecified atom stereocenters. The highest BCUT2D eigenvalue weighted by atomic mass is 16.2. The Balaban J connectivity index is 1.42. The van der Waals surface area contributed by atoms with Gasteiger partial charge in [-0.3, -0.25) is 9.20 Å². The second kappa shape index (κ2) is 6.51. The zero-order valence-electron chi connectivity index (χ0n) is 14.3. The van der Waals surface area contributed by atoms with Gasteiger partial charge < -0.3 is 9.80 Å². The van der Waals surface area contributed by atoms with Crippen molar-refractivity contribution >= 4 is 11.6 Å². The van der Waals surface area contributed by atoms with Crippen LogP contribution in [0.2, 0.25) is 0 Å². The summed E-state index contributed by atoms with van der Waals surface area (Å²) in [5.41, 5.74) is 1.30. The van der Waals surface area contributed by atoms with Crippen LogP contribution in [0.15, 0.2) is 24.7 Å².